The number of amides is 1. The Kier molecular flexibility index (Phi) is 4.75. The minimum absolute atomic E-state index is 0.212. The molecule has 1 aromatic rings. The highest BCUT2D eigenvalue weighted by atomic mass is 16.5. The normalized spacial score (nSPS) is 15.1. The maximum Gasteiger partial charge on any atom is 0.224 e. The fraction of sp³-hybridized carbons (Fsp3) is 0.467. The van der Waals surface area contributed by atoms with Crippen molar-refractivity contribution in [3.63, 3.8) is 0 Å². The van der Waals surface area contributed by atoms with E-state index in [9.17, 15) is 4.79 Å². The van der Waals surface area contributed by atoms with Crippen LogP contribution in [0.4, 0.5) is 5.69 Å². The van der Waals surface area contributed by atoms with Crippen LogP contribution in [-0.4, -0.2) is 31.6 Å². The monoisotopic (exact) mass is 306 g/mol. The first kappa shape index (κ1) is 15.9. The first-order valence-electron chi connectivity index (χ1n) is 7.15. The van der Waals surface area contributed by atoms with Crippen LogP contribution in [0, 0.1) is 5.41 Å². The second-order valence-corrected chi connectivity index (χ2v) is 5.79. The van der Waals surface area contributed by atoms with Gasteiger partial charge >= 0.3 is 0 Å². The van der Waals surface area contributed by atoms with Crippen molar-refractivity contribution >= 4 is 17.6 Å². The molecule has 1 amide bonds. The smallest absolute Gasteiger partial charge is 0.224 e. The van der Waals surface area contributed by atoms with Gasteiger partial charge in [-0.1, -0.05) is 0 Å². The topological polar surface area (TPSA) is 112 Å². The van der Waals surface area contributed by atoms with Crippen LogP contribution in [0.1, 0.15) is 20.3 Å². The van der Waals surface area contributed by atoms with Crippen LogP contribution in [0.15, 0.2) is 23.2 Å². The third-order valence-electron chi connectivity index (χ3n) is 3.33. The summed E-state index contributed by atoms with van der Waals surface area (Å²) in [5.74, 6) is 1.18. The number of carbonyl (C=O) groups is 1. The lowest BCUT2D eigenvalue weighted by atomic mass is 9.93. The Labute approximate surface area is 129 Å². The summed E-state index contributed by atoms with van der Waals surface area (Å²) in [7, 11) is 0. The van der Waals surface area contributed by atoms with Crippen LogP contribution in [-0.2, 0) is 4.79 Å². The molecule has 0 aromatic heterocycles. The number of hydrogen-bond acceptors (Lipinski definition) is 4. The molecule has 1 aromatic carbocycles. The molecule has 0 atom stereocenters. The average Bonchev–Trinajstić information content (AvgIpc) is 2.70. The molecule has 120 valence electrons. The number of nitrogens with zero attached hydrogens (tertiary/aromatic N) is 1. The number of anilines is 1. The lowest BCUT2D eigenvalue weighted by molar-refractivity contribution is -0.125. The van der Waals surface area contributed by atoms with Gasteiger partial charge in [0, 0.05) is 18.2 Å². The van der Waals surface area contributed by atoms with Crippen LogP contribution in [0.5, 0.6) is 11.5 Å². The fourth-order valence-corrected chi connectivity index (χ4v) is 1.79. The number of hydrogen-bond donors (Lipinski definition) is 3. The van der Waals surface area contributed by atoms with E-state index in [0.717, 1.165) is 12.1 Å². The van der Waals surface area contributed by atoms with E-state index in [0.29, 0.717) is 24.7 Å². The van der Waals surface area contributed by atoms with Crippen LogP contribution in [0.3, 0.4) is 0 Å². The minimum atomic E-state index is -0.739. The third kappa shape index (κ3) is 4.03. The molecule has 0 fully saturated rings. The fourth-order valence-electron chi connectivity index (χ4n) is 1.79. The number of ether oxygens (including phenoxy) is 2. The van der Waals surface area contributed by atoms with E-state index >= 15 is 0 Å². The number of rotatable bonds is 4. The minimum Gasteiger partial charge on any atom is -0.490 e. The molecule has 22 heavy (non-hydrogen) atoms. The summed E-state index contributed by atoms with van der Waals surface area (Å²) in [6.45, 7) is 4.92. The van der Waals surface area contributed by atoms with Crippen molar-refractivity contribution in [2.24, 2.45) is 21.9 Å². The zero-order chi connectivity index (χ0) is 16.2. The molecule has 0 saturated carbocycles. The molecule has 0 radical (unpaired) electrons. The van der Waals surface area contributed by atoms with E-state index in [2.05, 4.69) is 10.3 Å². The number of nitrogens with two attached hydrogens (primary N) is 2. The standard InChI is InChI=1S/C15H22N4O3/c1-15(2,13(16)20)9-18-14(17)19-10-4-5-11-12(8-10)22-7-3-6-21-11/h4-5,8H,3,6-7,9H2,1-2H3,(H2,16,20)(H3,17,18,19). The molecule has 1 aliphatic rings. The molecular weight excluding hydrogens is 284 g/mol. The maximum absolute atomic E-state index is 11.2. The Morgan fingerprint density at radius 1 is 1.27 bits per heavy atom. The van der Waals surface area contributed by atoms with Crippen molar-refractivity contribution in [2.75, 3.05) is 25.1 Å². The highest BCUT2D eigenvalue weighted by Gasteiger charge is 2.24. The van der Waals surface area contributed by atoms with Crippen LogP contribution in [0.2, 0.25) is 0 Å². The van der Waals surface area contributed by atoms with Gasteiger partial charge < -0.3 is 26.3 Å². The summed E-state index contributed by atoms with van der Waals surface area (Å²) in [4.78, 5) is 15.4. The van der Waals surface area contributed by atoms with Crippen LogP contribution in [0.25, 0.3) is 0 Å². The van der Waals surface area contributed by atoms with E-state index in [1.165, 1.54) is 0 Å². The number of fused-ring (bicyclic) bond motifs is 1. The third-order valence-corrected chi connectivity index (χ3v) is 3.33. The Morgan fingerprint density at radius 3 is 2.64 bits per heavy atom. The van der Waals surface area contributed by atoms with Gasteiger partial charge in [-0.15, -0.1) is 0 Å². The first-order valence-corrected chi connectivity index (χ1v) is 7.15. The predicted octanol–water partition coefficient (Wildman–Crippen LogP) is 1.09. The van der Waals surface area contributed by atoms with Crippen LogP contribution < -0.4 is 26.3 Å². The molecule has 0 spiro atoms. The second-order valence-electron chi connectivity index (χ2n) is 5.79. The number of primary amides is 1. The molecule has 0 saturated heterocycles. The number of guanidine groups is 1. The SMILES string of the molecule is CC(C)(CN=C(N)Nc1ccc2c(c1)OCCCO2)C(N)=O. The second kappa shape index (κ2) is 6.55. The molecule has 7 heteroatoms. The lowest BCUT2D eigenvalue weighted by Gasteiger charge is -2.17. The Morgan fingerprint density at radius 2 is 1.95 bits per heavy atom. The lowest BCUT2D eigenvalue weighted by Crippen LogP contribution is -2.35. The summed E-state index contributed by atoms with van der Waals surface area (Å²) in [5.41, 5.74) is 11.1. The van der Waals surface area contributed by atoms with E-state index in [1.54, 1.807) is 13.8 Å². The maximum atomic E-state index is 11.2. The average molecular weight is 306 g/mol. The summed E-state index contributed by atoms with van der Waals surface area (Å²) in [6.07, 6.45) is 0.850. The van der Waals surface area contributed by atoms with Crippen molar-refractivity contribution in [3.8, 4) is 11.5 Å². The number of nitrogens with one attached hydrogen (secondary N) is 1. The molecule has 2 rings (SSSR count). The molecular formula is C15H22N4O3. The van der Waals surface area contributed by atoms with Gasteiger partial charge in [0.15, 0.2) is 17.5 Å². The molecule has 0 aliphatic carbocycles. The predicted molar refractivity (Wildman–Crippen MR) is 85.1 cm³/mol. The largest absolute Gasteiger partial charge is 0.490 e. The molecule has 0 bridgehead atoms. The molecule has 0 unspecified atom stereocenters. The van der Waals surface area contributed by atoms with Gasteiger partial charge in [-0.25, -0.2) is 0 Å². The Hall–Kier alpha value is -2.44. The van der Waals surface area contributed by atoms with Gasteiger partial charge in [-0.3, -0.25) is 9.79 Å². The number of benzene rings is 1. The van der Waals surface area contributed by atoms with Crippen molar-refractivity contribution in [1.82, 2.24) is 0 Å². The van der Waals surface area contributed by atoms with Gasteiger partial charge in [0.05, 0.1) is 25.2 Å². The van der Waals surface area contributed by atoms with E-state index < -0.39 is 11.3 Å². The van der Waals surface area contributed by atoms with Gasteiger partial charge in [-0.2, -0.15) is 0 Å². The quantitative estimate of drug-likeness (QED) is 0.569. The summed E-state index contributed by atoms with van der Waals surface area (Å²) in [5, 5.41) is 2.96. The van der Waals surface area contributed by atoms with Gasteiger partial charge in [-0.05, 0) is 26.0 Å². The Balaban J connectivity index is 2.04. The highest BCUT2D eigenvalue weighted by molar-refractivity contribution is 5.93. The van der Waals surface area contributed by atoms with Gasteiger partial charge in [0.2, 0.25) is 5.91 Å². The Bertz CT molecular complexity index is 584. The number of aliphatic imine (C=N–C) groups is 1. The van der Waals surface area contributed by atoms with Gasteiger partial charge in [0.1, 0.15) is 0 Å². The van der Waals surface area contributed by atoms with E-state index in [-0.39, 0.29) is 12.5 Å². The van der Waals surface area contributed by atoms with Crippen molar-refractivity contribution in [3.05, 3.63) is 18.2 Å². The first-order chi connectivity index (χ1) is 10.4. The summed E-state index contributed by atoms with van der Waals surface area (Å²) in [6, 6.07) is 5.46. The number of carbonyl (C=O) groups excluding carboxylic acids is 1. The highest BCUT2D eigenvalue weighted by Crippen LogP contribution is 2.32. The summed E-state index contributed by atoms with van der Waals surface area (Å²) >= 11 is 0. The van der Waals surface area contributed by atoms with E-state index in [1.807, 2.05) is 18.2 Å². The van der Waals surface area contributed by atoms with Crippen LogP contribution >= 0.6 is 0 Å². The van der Waals surface area contributed by atoms with Crippen molar-refractivity contribution in [1.29, 1.82) is 0 Å². The zero-order valence-electron chi connectivity index (χ0n) is 12.9. The zero-order valence-corrected chi connectivity index (χ0v) is 12.9. The van der Waals surface area contributed by atoms with E-state index in [4.69, 9.17) is 20.9 Å². The molecule has 1 aliphatic heterocycles. The molecule has 1 heterocycles. The summed E-state index contributed by atoms with van der Waals surface area (Å²) < 4.78 is 11.2. The molecule has 5 N–H and O–H groups in total. The van der Waals surface area contributed by atoms with Crippen molar-refractivity contribution in [2.45, 2.75) is 20.3 Å². The van der Waals surface area contributed by atoms with Gasteiger partial charge in [0.25, 0.3) is 0 Å². The van der Waals surface area contributed by atoms with Crippen molar-refractivity contribution < 1.29 is 14.3 Å². The molecule has 7 nitrogen and oxygen atoms in total.